The zero-order valence-electron chi connectivity index (χ0n) is 23.1. The van der Waals surface area contributed by atoms with Crippen molar-refractivity contribution >= 4 is 23.4 Å². The number of hydrogen-bond donors (Lipinski definition) is 3. The topological polar surface area (TPSA) is 108 Å². The zero-order chi connectivity index (χ0) is 27.2. The van der Waals surface area contributed by atoms with Gasteiger partial charge in [0.2, 0.25) is 17.7 Å². The number of benzene rings is 1. The van der Waals surface area contributed by atoms with E-state index >= 15 is 0 Å². The number of rotatable bonds is 8. The molecule has 0 aromatic heterocycles. The number of aliphatic hydroxyl groups excluding tert-OH is 1. The van der Waals surface area contributed by atoms with Gasteiger partial charge in [-0.15, -0.1) is 0 Å². The molecular weight excluding hydrogens is 482 g/mol. The van der Waals surface area contributed by atoms with E-state index in [-0.39, 0.29) is 42.2 Å². The molecule has 7 atom stereocenters. The van der Waals surface area contributed by atoms with E-state index in [1.165, 1.54) is 6.42 Å². The van der Waals surface area contributed by atoms with Gasteiger partial charge in [-0.1, -0.05) is 58.2 Å². The van der Waals surface area contributed by atoms with Crippen LogP contribution in [-0.2, 0) is 19.1 Å². The van der Waals surface area contributed by atoms with E-state index in [4.69, 9.17) is 4.74 Å². The van der Waals surface area contributed by atoms with Gasteiger partial charge in [0.05, 0.1) is 30.1 Å². The lowest BCUT2D eigenvalue weighted by atomic mass is 9.62. The third-order valence-electron chi connectivity index (χ3n) is 9.62. The van der Waals surface area contributed by atoms with Gasteiger partial charge in [0.15, 0.2) is 0 Å². The molecule has 1 spiro atoms. The third kappa shape index (κ3) is 4.34. The highest BCUT2D eigenvalue weighted by Gasteiger charge is 2.80. The Kier molecular flexibility index (Phi) is 7.33. The number of ether oxygens (including phenoxy) is 1. The van der Waals surface area contributed by atoms with Crippen molar-refractivity contribution in [3.05, 3.63) is 30.3 Å². The molecule has 1 aromatic rings. The van der Waals surface area contributed by atoms with Gasteiger partial charge in [0, 0.05) is 11.7 Å². The van der Waals surface area contributed by atoms with Crippen LogP contribution in [0.5, 0.6) is 0 Å². The fourth-order valence-electron chi connectivity index (χ4n) is 7.86. The number of nitrogens with one attached hydrogen (secondary N) is 2. The standard InChI is InChI=1S/C30H43N3O5/c1-18(2)15-22(17-34)33-25(27(36)32-21-13-9-6-10-14-21)30-16-19(3)29(4,38-30)23(24(30)28(33)37)26(35)31-20-11-7-5-8-12-20/h5,7-8,11-12,18-19,21-25,34H,6,9-10,13-17H2,1-4H3,(H,31,35)(H,32,36)/t19?,22-,23-,24+,25?,29+,30?/m1/s1. The Hall–Kier alpha value is -2.45. The Labute approximate surface area is 225 Å². The fraction of sp³-hybridized carbons (Fsp3) is 0.700. The van der Waals surface area contributed by atoms with Gasteiger partial charge in [0.25, 0.3) is 0 Å². The first kappa shape index (κ1) is 27.1. The molecule has 3 aliphatic heterocycles. The van der Waals surface area contributed by atoms with E-state index in [1.807, 2.05) is 51.1 Å². The van der Waals surface area contributed by atoms with Crippen LogP contribution in [0.25, 0.3) is 0 Å². The van der Waals surface area contributed by atoms with Gasteiger partial charge in [0.1, 0.15) is 11.6 Å². The lowest BCUT2D eigenvalue weighted by molar-refractivity contribution is -0.150. The highest BCUT2D eigenvalue weighted by molar-refractivity contribution is 6.02. The minimum Gasteiger partial charge on any atom is -0.394 e. The van der Waals surface area contributed by atoms with E-state index in [0.29, 0.717) is 18.5 Å². The molecule has 8 heteroatoms. The number of anilines is 1. The maximum absolute atomic E-state index is 14.4. The number of para-hydroxylation sites is 1. The minimum absolute atomic E-state index is 0.0271. The summed E-state index contributed by atoms with van der Waals surface area (Å²) in [5, 5.41) is 16.7. The molecule has 3 amide bonds. The van der Waals surface area contributed by atoms with Crippen LogP contribution in [0.4, 0.5) is 5.69 Å². The van der Waals surface area contributed by atoms with Gasteiger partial charge in [-0.3, -0.25) is 14.4 Å². The summed E-state index contributed by atoms with van der Waals surface area (Å²) in [5.74, 6) is -2.06. The number of aliphatic hydroxyl groups is 1. The number of hydrogen-bond acceptors (Lipinski definition) is 5. The number of fused-ring (bicyclic) bond motifs is 1. The maximum Gasteiger partial charge on any atom is 0.246 e. The first-order chi connectivity index (χ1) is 18.1. The summed E-state index contributed by atoms with van der Waals surface area (Å²) in [5.41, 5.74) is -1.32. The van der Waals surface area contributed by atoms with Crippen LogP contribution in [0.15, 0.2) is 30.3 Å². The molecule has 3 heterocycles. The Morgan fingerprint density at radius 3 is 2.45 bits per heavy atom. The third-order valence-corrected chi connectivity index (χ3v) is 9.62. The average Bonchev–Trinajstić information content (AvgIpc) is 3.40. The zero-order valence-corrected chi connectivity index (χ0v) is 23.1. The minimum atomic E-state index is -1.10. The van der Waals surface area contributed by atoms with Gasteiger partial charge in [-0.2, -0.15) is 0 Å². The second-order valence-corrected chi connectivity index (χ2v) is 12.6. The van der Waals surface area contributed by atoms with E-state index in [1.54, 1.807) is 4.90 Å². The summed E-state index contributed by atoms with van der Waals surface area (Å²) in [4.78, 5) is 43.9. The Balaban J connectivity index is 1.54. The second-order valence-electron chi connectivity index (χ2n) is 12.6. The van der Waals surface area contributed by atoms with Crippen LogP contribution in [0.1, 0.15) is 72.6 Å². The first-order valence-electron chi connectivity index (χ1n) is 14.4. The van der Waals surface area contributed by atoms with Gasteiger partial charge >= 0.3 is 0 Å². The Morgan fingerprint density at radius 1 is 1.13 bits per heavy atom. The number of carbonyl (C=O) groups is 3. The average molecular weight is 526 g/mol. The van der Waals surface area contributed by atoms with Crippen LogP contribution in [0.2, 0.25) is 0 Å². The van der Waals surface area contributed by atoms with E-state index in [2.05, 4.69) is 17.6 Å². The van der Waals surface area contributed by atoms with Crippen molar-refractivity contribution in [2.45, 2.75) is 102 Å². The van der Waals surface area contributed by atoms with Crippen LogP contribution >= 0.6 is 0 Å². The molecule has 4 aliphatic rings. The molecule has 1 aromatic carbocycles. The summed E-state index contributed by atoms with van der Waals surface area (Å²) in [6.45, 7) is 7.81. The number of likely N-dealkylation sites (tertiary alicyclic amines) is 1. The second kappa shape index (κ2) is 10.3. The fourth-order valence-corrected chi connectivity index (χ4v) is 7.86. The maximum atomic E-state index is 14.4. The molecule has 3 N–H and O–H groups in total. The van der Waals surface area contributed by atoms with Gasteiger partial charge < -0.3 is 25.4 Å². The molecule has 3 saturated heterocycles. The molecule has 3 unspecified atom stereocenters. The van der Waals surface area contributed by atoms with Crippen LogP contribution in [0, 0.1) is 23.7 Å². The molecule has 38 heavy (non-hydrogen) atoms. The predicted octanol–water partition coefficient (Wildman–Crippen LogP) is 3.49. The summed E-state index contributed by atoms with van der Waals surface area (Å²) in [6.07, 6.45) is 6.26. The van der Waals surface area contributed by atoms with Crippen molar-refractivity contribution in [3.63, 3.8) is 0 Å². The molecule has 1 saturated carbocycles. The largest absolute Gasteiger partial charge is 0.394 e. The normalized spacial score (nSPS) is 35.4. The van der Waals surface area contributed by atoms with Gasteiger partial charge in [-0.25, -0.2) is 0 Å². The van der Waals surface area contributed by atoms with Crippen molar-refractivity contribution in [1.82, 2.24) is 10.2 Å². The van der Waals surface area contributed by atoms with Crippen molar-refractivity contribution in [2.75, 3.05) is 11.9 Å². The lowest BCUT2D eigenvalue weighted by Gasteiger charge is -2.38. The Bertz CT molecular complexity index is 1060. The van der Waals surface area contributed by atoms with Gasteiger partial charge in [-0.05, 0) is 56.6 Å². The smallest absolute Gasteiger partial charge is 0.246 e. The lowest BCUT2D eigenvalue weighted by Crippen LogP contribution is -2.59. The molecule has 4 fully saturated rings. The summed E-state index contributed by atoms with van der Waals surface area (Å²) < 4.78 is 6.81. The molecule has 0 radical (unpaired) electrons. The van der Waals surface area contributed by atoms with Crippen LogP contribution in [-0.4, -0.2) is 63.7 Å². The number of carbonyl (C=O) groups excluding carboxylic acids is 3. The molecule has 208 valence electrons. The summed E-state index contributed by atoms with van der Waals surface area (Å²) >= 11 is 0. The van der Waals surface area contributed by atoms with E-state index in [0.717, 1.165) is 25.7 Å². The highest BCUT2D eigenvalue weighted by Crippen LogP contribution is 2.65. The van der Waals surface area contributed by atoms with Crippen molar-refractivity contribution in [2.24, 2.45) is 23.7 Å². The predicted molar refractivity (Wildman–Crippen MR) is 144 cm³/mol. The SMILES string of the molecule is CC(C)C[C@H](CO)N1C(=O)[C@@H]2[C@H](C(=O)Nc3ccccc3)[C@@]3(C)OC2(CC3C)C1C(=O)NC1CCCCC1. The highest BCUT2D eigenvalue weighted by atomic mass is 16.5. The van der Waals surface area contributed by atoms with Crippen molar-refractivity contribution < 1.29 is 24.2 Å². The molecule has 1 aliphatic carbocycles. The number of nitrogens with zero attached hydrogens (tertiary/aromatic N) is 1. The molecule has 5 rings (SSSR count). The first-order valence-corrected chi connectivity index (χ1v) is 14.4. The van der Waals surface area contributed by atoms with Crippen LogP contribution in [0.3, 0.4) is 0 Å². The molecule has 8 nitrogen and oxygen atoms in total. The quantitative estimate of drug-likeness (QED) is 0.482. The number of amides is 3. The summed E-state index contributed by atoms with van der Waals surface area (Å²) in [6, 6.07) is 7.90. The monoisotopic (exact) mass is 525 g/mol. The van der Waals surface area contributed by atoms with Crippen molar-refractivity contribution in [3.8, 4) is 0 Å². The molecular formula is C30H43N3O5. The summed E-state index contributed by atoms with van der Waals surface area (Å²) in [7, 11) is 0. The van der Waals surface area contributed by atoms with E-state index in [9.17, 15) is 19.5 Å². The molecule has 2 bridgehead atoms. The van der Waals surface area contributed by atoms with Crippen molar-refractivity contribution in [1.29, 1.82) is 0 Å². The Morgan fingerprint density at radius 2 is 1.82 bits per heavy atom. The van der Waals surface area contributed by atoms with Crippen LogP contribution < -0.4 is 10.6 Å². The van der Waals surface area contributed by atoms with E-state index < -0.39 is 35.1 Å².